The summed E-state index contributed by atoms with van der Waals surface area (Å²) in [5, 5.41) is 0. The van der Waals surface area contributed by atoms with Gasteiger partial charge in [-0.2, -0.15) is 0 Å². The third kappa shape index (κ3) is 3.24. The summed E-state index contributed by atoms with van der Waals surface area (Å²) in [6.07, 6.45) is 1.34. The Hall–Kier alpha value is -1.61. The molecule has 1 heterocycles. The minimum Gasteiger partial charge on any atom is -0.370 e. The van der Waals surface area contributed by atoms with Gasteiger partial charge in [0.1, 0.15) is 6.10 Å². The molecule has 1 aliphatic heterocycles. The number of benzene rings is 1. The first kappa shape index (κ1) is 13.8. The molecule has 1 unspecified atom stereocenters. The number of ether oxygens (including phenoxy) is 1. The van der Waals surface area contributed by atoms with Gasteiger partial charge in [-0.3, -0.25) is 4.79 Å². The van der Waals surface area contributed by atoms with E-state index in [1.165, 1.54) is 11.6 Å². The third-order valence-electron chi connectivity index (χ3n) is 3.53. The van der Waals surface area contributed by atoms with Gasteiger partial charge in [-0.05, 0) is 23.1 Å². The molecule has 0 bridgehead atoms. The van der Waals surface area contributed by atoms with Crippen LogP contribution in [0.1, 0.15) is 37.0 Å². The van der Waals surface area contributed by atoms with Crippen LogP contribution in [0.2, 0.25) is 0 Å². The minimum atomic E-state index is -0.0288. The summed E-state index contributed by atoms with van der Waals surface area (Å²) in [5.41, 5.74) is 2.45. The van der Waals surface area contributed by atoms with Gasteiger partial charge in [0.25, 0.3) is 0 Å². The minimum absolute atomic E-state index is 0.0212. The lowest BCUT2D eigenvalue weighted by molar-refractivity contribution is -0.133. The van der Waals surface area contributed by atoms with Crippen LogP contribution >= 0.6 is 0 Å². The summed E-state index contributed by atoms with van der Waals surface area (Å²) in [4.78, 5) is 13.4. The van der Waals surface area contributed by atoms with Crippen molar-refractivity contribution < 1.29 is 9.53 Å². The van der Waals surface area contributed by atoms with Gasteiger partial charge in [0, 0.05) is 6.54 Å². The molecule has 2 rings (SSSR count). The molecule has 102 valence electrons. The fourth-order valence-corrected chi connectivity index (χ4v) is 2.28. The van der Waals surface area contributed by atoms with E-state index in [1.54, 1.807) is 4.90 Å². The highest BCUT2D eigenvalue weighted by Gasteiger charge is 2.23. The van der Waals surface area contributed by atoms with Gasteiger partial charge in [0.2, 0.25) is 5.91 Å². The smallest absolute Gasteiger partial charge is 0.246 e. The molecular formula is C16H21NO2. The first-order valence-electron chi connectivity index (χ1n) is 6.74. The summed E-state index contributed by atoms with van der Waals surface area (Å²) in [6, 6.07) is 8.47. The predicted molar refractivity (Wildman–Crippen MR) is 76.0 cm³/mol. The third-order valence-corrected chi connectivity index (χ3v) is 3.53. The topological polar surface area (TPSA) is 29.5 Å². The Bertz CT molecular complexity index is 450. The van der Waals surface area contributed by atoms with E-state index in [2.05, 4.69) is 44.7 Å². The van der Waals surface area contributed by atoms with E-state index in [1.807, 2.05) is 0 Å². The van der Waals surface area contributed by atoms with Crippen molar-refractivity contribution in [3.05, 3.63) is 48.0 Å². The van der Waals surface area contributed by atoms with Gasteiger partial charge in [-0.1, -0.05) is 44.7 Å². The highest BCUT2D eigenvalue weighted by Crippen LogP contribution is 2.24. The van der Waals surface area contributed by atoms with Gasteiger partial charge in [-0.25, -0.2) is 0 Å². The monoisotopic (exact) mass is 259 g/mol. The van der Waals surface area contributed by atoms with Crippen LogP contribution in [0, 0.1) is 0 Å². The number of nitrogens with zero attached hydrogens (tertiary/aromatic N) is 1. The van der Waals surface area contributed by atoms with Crippen molar-refractivity contribution in [2.75, 3.05) is 19.7 Å². The molecule has 1 aromatic rings. The van der Waals surface area contributed by atoms with E-state index >= 15 is 0 Å². The van der Waals surface area contributed by atoms with E-state index in [-0.39, 0.29) is 12.0 Å². The zero-order chi connectivity index (χ0) is 13.8. The van der Waals surface area contributed by atoms with Crippen LogP contribution < -0.4 is 0 Å². The normalized spacial score (nSPS) is 19.5. The van der Waals surface area contributed by atoms with Crippen LogP contribution in [0.4, 0.5) is 0 Å². The molecule has 3 nitrogen and oxygen atoms in total. The van der Waals surface area contributed by atoms with Gasteiger partial charge >= 0.3 is 0 Å². The molecular weight excluding hydrogens is 238 g/mol. The Morgan fingerprint density at radius 1 is 1.42 bits per heavy atom. The predicted octanol–water partition coefficient (Wildman–Crippen LogP) is 2.90. The molecule has 0 saturated carbocycles. The van der Waals surface area contributed by atoms with Crippen LogP contribution in [0.15, 0.2) is 36.9 Å². The summed E-state index contributed by atoms with van der Waals surface area (Å²) >= 11 is 0. The van der Waals surface area contributed by atoms with E-state index in [0.29, 0.717) is 25.6 Å². The maximum absolute atomic E-state index is 11.6. The number of hydrogen-bond donors (Lipinski definition) is 0. The van der Waals surface area contributed by atoms with Crippen molar-refractivity contribution in [3.63, 3.8) is 0 Å². The zero-order valence-electron chi connectivity index (χ0n) is 11.6. The summed E-state index contributed by atoms with van der Waals surface area (Å²) in [5.74, 6) is 0.507. The van der Waals surface area contributed by atoms with Crippen LogP contribution in [-0.4, -0.2) is 30.5 Å². The first-order valence-corrected chi connectivity index (χ1v) is 6.74. The molecule has 0 aromatic heterocycles. The van der Waals surface area contributed by atoms with Crippen molar-refractivity contribution in [1.82, 2.24) is 4.90 Å². The molecule has 0 aliphatic carbocycles. The van der Waals surface area contributed by atoms with E-state index in [9.17, 15) is 4.79 Å². The van der Waals surface area contributed by atoms with Gasteiger partial charge in [0.15, 0.2) is 0 Å². The van der Waals surface area contributed by atoms with Gasteiger partial charge < -0.3 is 9.64 Å². The number of rotatable bonds is 3. The average Bonchev–Trinajstić information content (AvgIpc) is 2.46. The van der Waals surface area contributed by atoms with Gasteiger partial charge in [-0.15, -0.1) is 0 Å². The summed E-state index contributed by atoms with van der Waals surface area (Å²) < 4.78 is 5.76. The standard InChI is InChI=1S/C16H21NO2/c1-4-16(18)17-9-10-19-15(11-17)14-7-5-13(6-8-14)12(2)3/h4-8,12,15H,1,9-11H2,2-3H3. The maximum atomic E-state index is 11.6. The Labute approximate surface area is 114 Å². The van der Waals surface area contributed by atoms with Crippen LogP contribution in [0.3, 0.4) is 0 Å². The summed E-state index contributed by atoms with van der Waals surface area (Å²) in [7, 11) is 0. The fraction of sp³-hybridized carbons (Fsp3) is 0.438. The van der Waals surface area contributed by atoms with Crippen LogP contribution in [-0.2, 0) is 9.53 Å². The molecule has 0 N–H and O–H groups in total. The van der Waals surface area contributed by atoms with Gasteiger partial charge in [0.05, 0.1) is 13.2 Å². The maximum Gasteiger partial charge on any atom is 0.246 e. The molecule has 1 fully saturated rings. The lowest BCUT2D eigenvalue weighted by Crippen LogP contribution is -2.41. The number of carbonyl (C=O) groups is 1. The lowest BCUT2D eigenvalue weighted by atomic mass is 9.99. The quantitative estimate of drug-likeness (QED) is 0.781. The fourth-order valence-electron chi connectivity index (χ4n) is 2.28. The highest BCUT2D eigenvalue weighted by molar-refractivity contribution is 5.87. The van der Waals surface area contributed by atoms with Crippen molar-refractivity contribution in [3.8, 4) is 0 Å². The highest BCUT2D eigenvalue weighted by atomic mass is 16.5. The molecule has 1 atom stereocenters. The molecule has 0 spiro atoms. The number of hydrogen-bond acceptors (Lipinski definition) is 2. The van der Waals surface area contributed by atoms with E-state index in [0.717, 1.165) is 5.56 Å². The lowest BCUT2D eigenvalue weighted by Gasteiger charge is -2.32. The number of amides is 1. The van der Waals surface area contributed by atoms with Crippen LogP contribution in [0.25, 0.3) is 0 Å². The second kappa shape index (κ2) is 6.02. The molecule has 19 heavy (non-hydrogen) atoms. The molecule has 1 aliphatic rings. The Kier molecular flexibility index (Phi) is 4.38. The Morgan fingerprint density at radius 2 is 2.11 bits per heavy atom. The Balaban J connectivity index is 2.08. The SMILES string of the molecule is C=CC(=O)N1CCOC(c2ccc(C(C)C)cc2)C1. The number of carbonyl (C=O) groups excluding carboxylic acids is 1. The first-order chi connectivity index (χ1) is 9.11. The average molecular weight is 259 g/mol. The Morgan fingerprint density at radius 3 is 2.68 bits per heavy atom. The van der Waals surface area contributed by atoms with E-state index < -0.39 is 0 Å². The molecule has 1 saturated heterocycles. The summed E-state index contributed by atoms with van der Waals surface area (Å²) in [6.45, 7) is 9.71. The second-order valence-electron chi connectivity index (χ2n) is 5.17. The largest absolute Gasteiger partial charge is 0.370 e. The number of morpholine rings is 1. The van der Waals surface area contributed by atoms with Crippen molar-refractivity contribution in [2.45, 2.75) is 25.9 Å². The molecule has 3 heteroatoms. The molecule has 1 aromatic carbocycles. The molecule has 0 radical (unpaired) electrons. The van der Waals surface area contributed by atoms with Crippen LogP contribution in [0.5, 0.6) is 0 Å². The van der Waals surface area contributed by atoms with Crippen molar-refractivity contribution in [2.24, 2.45) is 0 Å². The van der Waals surface area contributed by atoms with E-state index in [4.69, 9.17) is 4.74 Å². The van der Waals surface area contributed by atoms with Crippen molar-refractivity contribution in [1.29, 1.82) is 0 Å². The second-order valence-corrected chi connectivity index (χ2v) is 5.17. The van der Waals surface area contributed by atoms with Crippen molar-refractivity contribution >= 4 is 5.91 Å². The zero-order valence-corrected chi connectivity index (χ0v) is 11.6. The molecule has 1 amide bonds.